The second-order valence-electron chi connectivity index (χ2n) is 5.78. The van der Waals surface area contributed by atoms with Crippen molar-refractivity contribution in [2.24, 2.45) is 5.14 Å². The van der Waals surface area contributed by atoms with E-state index in [4.69, 9.17) is 5.14 Å². The highest BCUT2D eigenvalue weighted by Gasteiger charge is 2.37. The number of halogens is 6. The maximum absolute atomic E-state index is 13.1. The summed E-state index contributed by atoms with van der Waals surface area (Å²) in [4.78, 5) is 3.11. The summed E-state index contributed by atoms with van der Waals surface area (Å²) in [6, 6.07) is 7.71. The summed E-state index contributed by atoms with van der Waals surface area (Å²) in [5.74, 6) is -1.89. The molecule has 0 saturated carbocycles. The molecule has 0 unspecified atom stereocenters. The van der Waals surface area contributed by atoms with Gasteiger partial charge in [-0.05, 0) is 36.4 Å². The predicted octanol–water partition coefficient (Wildman–Crippen LogP) is 3.62. The minimum absolute atomic E-state index is 0.00435. The van der Waals surface area contributed by atoms with Crippen LogP contribution in [0.2, 0.25) is 0 Å². The zero-order valence-corrected chi connectivity index (χ0v) is 14.8. The third-order valence-electron chi connectivity index (χ3n) is 3.74. The number of rotatable bonds is 3. The van der Waals surface area contributed by atoms with Crippen molar-refractivity contribution in [3.8, 4) is 17.1 Å². The molecule has 3 aromatic rings. The van der Waals surface area contributed by atoms with Gasteiger partial charge in [0.25, 0.3) is 5.82 Å². The lowest BCUT2D eigenvalue weighted by atomic mass is 10.1. The van der Waals surface area contributed by atoms with Crippen LogP contribution in [0.5, 0.6) is 0 Å². The fourth-order valence-electron chi connectivity index (χ4n) is 2.38. The smallest absolute Gasteiger partial charge is 0.225 e. The van der Waals surface area contributed by atoms with Gasteiger partial charge in [-0.25, -0.2) is 23.2 Å². The maximum atomic E-state index is 13.1. The Morgan fingerprint density at radius 3 is 1.83 bits per heavy atom. The summed E-state index contributed by atoms with van der Waals surface area (Å²) in [6.07, 6.45) is -9.53. The van der Waals surface area contributed by atoms with Crippen LogP contribution in [-0.2, 0) is 22.4 Å². The standard InChI is InChI=1S/C16H10F6N4O2S/c17-15(18,19)10-3-1-9(2-4-10)13-24-14(16(20,21)22)25-26(13)11-5-7-12(8-6-11)29(23,27)28/h1-8H,(H2,23,27,28). The van der Waals surface area contributed by atoms with Crippen LogP contribution in [-0.4, -0.2) is 23.2 Å². The van der Waals surface area contributed by atoms with Gasteiger partial charge in [0, 0.05) is 5.56 Å². The largest absolute Gasteiger partial charge is 0.453 e. The van der Waals surface area contributed by atoms with Gasteiger partial charge in [0.1, 0.15) is 0 Å². The Morgan fingerprint density at radius 2 is 1.38 bits per heavy atom. The van der Waals surface area contributed by atoms with Gasteiger partial charge >= 0.3 is 12.4 Å². The molecule has 1 heterocycles. The van der Waals surface area contributed by atoms with Crippen LogP contribution in [0.25, 0.3) is 17.1 Å². The van der Waals surface area contributed by atoms with Gasteiger partial charge in [0.2, 0.25) is 10.0 Å². The number of hydrogen-bond donors (Lipinski definition) is 1. The Hall–Kier alpha value is -2.93. The molecule has 0 amide bonds. The predicted molar refractivity (Wildman–Crippen MR) is 88.2 cm³/mol. The molecule has 0 bridgehead atoms. The van der Waals surface area contributed by atoms with E-state index in [2.05, 4.69) is 10.1 Å². The average Bonchev–Trinajstić information content (AvgIpc) is 3.06. The van der Waals surface area contributed by atoms with Crippen molar-refractivity contribution in [3.05, 3.63) is 59.9 Å². The Bertz CT molecular complexity index is 1130. The molecule has 0 saturated heterocycles. The summed E-state index contributed by atoms with van der Waals surface area (Å²) in [6.45, 7) is 0. The van der Waals surface area contributed by atoms with E-state index in [-0.39, 0.29) is 22.0 Å². The van der Waals surface area contributed by atoms with Gasteiger partial charge in [-0.2, -0.15) is 26.3 Å². The van der Waals surface area contributed by atoms with Crippen molar-refractivity contribution in [1.29, 1.82) is 0 Å². The monoisotopic (exact) mass is 436 g/mol. The molecule has 13 heteroatoms. The lowest BCUT2D eigenvalue weighted by molar-refractivity contribution is -0.144. The van der Waals surface area contributed by atoms with Crippen molar-refractivity contribution in [1.82, 2.24) is 14.8 Å². The minimum atomic E-state index is -4.91. The number of aromatic nitrogens is 3. The molecule has 0 radical (unpaired) electrons. The lowest BCUT2D eigenvalue weighted by Gasteiger charge is -2.09. The molecule has 2 N–H and O–H groups in total. The number of nitrogens with zero attached hydrogens (tertiary/aromatic N) is 3. The second kappa shape index (κ2) is 6.84. The quantitative estimate of drug-likeness (QED) is 0.635. The molecular formula is C16H10F6N4O2S. The van der Waals surface area contributed by atoms with Crippen LogP contribution in [0.1, 0.15) is 11.4 Å². The molecule has 0 spiro atoms. The van der Waals surface area contributed by atoms with Crippen molar-refractivity contribution >= 4 is 10.0 Å². The van der Waals surface area contributed by atoms with Gasteiger partial charge in [-0.3, -0.25) is 0 Å². The van der Waals surface area contributed by atoms with E-state index in [1.165, 1.54) is 0 Å². The number of nitrogens with two attached hydrogens (primary N) is 1. The molecule has 3 rings (SSSR count). The Labute approximate surface area is 159 Å². The Kier molecular flexibility index (Phi) is 4.91. The van der Waals surface area contributed by atoms with E-state index in [1.807, 2.05) is 0 Å². The van der Waals surface area contributed by atoms with Crippen LogP contribution in [0.3, 0.4) is 0 Å². The van der Waals surface area contributed by atoms with Crippen LogP contribution >= 0.6 is 0 Å². The topological polar surface area (TPSA) is 90.9 Å². The zero-order chi connectivity index (χ0) is 21.6. The van der Waals surface area contributed by atoms with Crippen LogP contribution in [0.4, 0.5) is 26.3 Å². The van der Waals surface area contributed by atoms with Crippen molar-refractivity contribution < 1.29 is 34.8 Å². The summed E-state index contributed by atoms with van der Waals surface area (Å²) in [7, 11) is -4.03. The van der Waals surface area contributed by atoms with Gasteiger partial charge in [-0.15, -0.1) is 5.10 Å². The molecule has 1 aromatic heterocycles. The molecule has 0 atom stereocenters. The third kappa shape index (κ3) is 4.40. The molecule has 29 heavy (non-hydrogen) atoms. The summed E-state index contributed by atoms with van der Waals surface area (Å²) in [5.41, 5.74) is -1.05. The fourth-order valence-corrected chi connectivity index (χ4v) is 2.90. The number of benzene rings is 2. The first-order valence-corrected chi connectivity index (χ1v) is 9.16. The highest BCUT2D eigenvalue weighted by Crippen LogP contribution is 2.33. The molecule has 0 aliphatic rings. The third-order valence-corrected chi connectivity index (χ3v) is 4.67. The highest BCUT2D eigenvalue weighted by atomic mass is 32.2. The van der Waals surface area contributed by atoms with Gasteiger partial charge in [-0.1, -0.05) is 12.1 Å². The number of sulfonamides is 1. The first-order chi connectivity index (χ1) is 13.3. The van der Waals surface area contributed by atoms with Gasteiger partial charge in [0.15, 0.2) is 5.82 Å². The van der Waals surface area contributed by atoms with E-state index < -0.39 is 33.8 Å². The number of hydrogen-bond acceptors (Lipinski definition) is 4. The molecular weight excluding hydrogens is 426 g/mol. The molecule has 2 aromatic carbocycles. The van der Waals surface area contributed by atoms with E-state index in [9.17, 15) is 34.8 Å². The zero-order valence-electron chi connectivity index (χ0n) is 14.0. The van der Waals surface area contributed by atoms with Gasteiger partial charge in [0.05, 0.1) is 16.1 Å². The van der Waals surface area contributed by atoms with Crippen LogP contribution in [0.15, 0.2) is 53.4 Å². The first-order valence-electron chi connectivity index (χ1n) is 7.62. The average molecular weight is 436 g/mol. The SMILES string of the molecule is NS(=O)(=O)c1ccc(-n2nc(C(F)(F)F)nc2-c2ccc(C(F)(F)F)cc2)cc1. The minimum Gasteiger partial charge on any atom is -0.225 e. The summed E-state index contributed by atoms with van der Waals surface area (Å²) < 4.78 is 101. The van der Waals surface area contributed by atoms with E-state index >= 15 is 0 Å². The van der Waals surface area contributed by atoms with Crippen LogP contribution < -0.4 is 5.14 Å². The van der Waals surface area contributed by atoms with Gasteiger partial charge < -0.3 is 0 Å². The van der Waals surface area contributed by atoms with E-state index in [0.29, 0.717) is 12.1 Å². The maximum Gasteiger partial charge on any atom is 0.453 e. The molecule has 0 fully saturated rings. The normalized spacial score (nSPS) is 12.9. The van der Waals surface area contributed by atoms with Crippen molar-refractivity contribution in [2.75, 3.05) is 0 Å². The molecule has 154 valence electrons. The second-order valence-corrected chi connectivity index (χ2v) is 7.34. The van der Waals surface area contributed by atoms with Crippen molar-refractivity contribution in [2.45, 2.75) is 17.2 Å². The fraction of sp³-hybridized carbons (Fsp3) is 0.125. The number of primary sulfonamides is 1. The first kappa shape index (κ1) is 20.8. The summed E-state index contributed by atoms with van der Waals surface area (Å²) in [5, 5.41) is 8.34. The molecule has 6 nitrogen and oxygen atoms in total. The highest BCUT2D eigenvalue weighted by molar-refractivity contribution is 7.89. The number of alkyl halides is 6. The van der Waals surface area contributed by atoms with E-state index in [0.717, 1.165) is 41.1 Å². The van der Waals surface area contributed by atoms with Crippen LogP contribution in [0, 0.1) is 0 Å². The Balaban J connectivity index is 2.13. The molecule has 0 aliphatic heterocycles. The molecule has 0 aliphatic carbocycles. The van der Waals surface area contributed by atoms with E-state index in [1.54, 1.807) is 0 Å². The lowest BCUT2D eigenvalue weighted by Crippen LogP contribution is -2.12. The summed E-state index contributed by atoms with van der Waals surface area (Å²) >= 11 is 0. The Morgan fingerprint density at radius 1 is 0.828 bits per heavy atom. The van der Waals surface area contributed by atoms with Crippen molar-refractivity contribution in [3.63, 3.8) is 0 Å².